The van der Waals surface area contributed by atoms with E-state index < -0.39 is 0 Å². The van der Waals surface area contributed by atoms with Gasteiger partial charge in [-0.3, -0.25) is 0 Å². The summed E-state index contributed by atoms with van der Waals surface area (Å²) in [6.45, 7) is 12.3. The van der Waals surface area contributed by atoms with Crippen molar-refractivity contribution in [3.63, 3.8) is 0 Å². The lowest BCUT2D eigenvalue weighted by molar-refractivity contribution is 0.351. The van der Waals surface area contributed by atoms with E-state index in [2.05, 4.69) is 55.0 Å². The lowest BCUT2D eigenvalue weighted by atomic mass is 9.89. The maximum Gasteiger partial charge on any atom is 0.128 e. The van der Waals surface area contributed by atoms with Crippen molar-refractivity contribution in [2.75, 3.05) is 18.0 Å². The first kappa shape index (κ1) is 16.3. The largest absolute Gasteiger partial charge is 0.357 e. The third-order valence-corrected chi connectivity index (χ3v) is 4.56. The van der Waals surface area contributed by atoms with Gasteiger partial charge in [0.05, 0.1) is 0 Å². The normalized spacial score (nSPS) is 20.1. The molecule has 2 heterocycles. The molecule has 118 valence electrons. The molecule has 1 aromatic heterocycles. The second kappa shape index (κ2) is 7.79. The van der Waals surface area contributed by atoms with E-state index in [1.165, 1.54) is 24.8 Å². The van der Waals surface area contributed by atoms with Gasteiger partial charge >= 0.3 is 0 Å². The number of aromatic nitrogens is 1. The monoisotopic (exact) mass is 289 g/mol. The van der Waals surface area contributed by atoms with E-state index in [9.17, 15) is 0 Å². The summed E-state index contributed by atoms with van der Waals surface area (Å²) in [5, 5.41) is 3.48. The molecule has 3 nitrogen and oxygen atoms in total. The van der Waals surface area contributed by atoms with E-state index in [1.54, 1.807) is 0 Å². The van der Waals surface area contributed by atoms with Crippen LogP contribution in [0.25, 0.3) is 0 Å². The van der Waals surface area contributed by atoms with Crippen molar-refractivity contribution in [2.24, 2.45) is 11.8 Å². The zero-order valence-corrected chi connectivity index (χ0v) is 14.1. The Balaban J connectivity index is 1.99. The van der Waals surface area contributed by atoms with Crippen LogP contribution >= 0.6 is 0 Å². The maximum absolute atomic E-state index is 4.60. The van der Waals surface area contributed by atoms with Crippen molar-refractivity contribution < 1.29 is 0 Å². The number of nitrogens with zero attached hydrogens (tertiary/aromatic N) is 2. The zero-order valence-electron chi connectivity index (χ0n) is 14.1. The molecule has 0 bridgehead atoms. The third-order valence-electron chi connectivity index (χ3n) is 4.56. The molecule has 0 spiro atoms. The van der Waals surface area contributed by atoms with Gasteiger partial charge in [-0.05, 0) is 48.8 Å². The molecule has 1 atom stereocenters. The molecular weight excluding hydrogens is 258 g/mol. The standard InChI is InChI=1S/C18H31N3/c1-14(2)17-6-5-10-21(11-8-17)18-12-16(7-9-19-18)13-20-15(3)4/h7,9,12,14-15,17,20H,5-6,8,10-11,13H2,1-4H3. The van der Waals surface area contributed by atoms with Crippen LogP contribution in [0.15, 0.2) is 18.3 Å². The Morgan fingerprint density at radius 2 is 2.05 bits per heavy atom. The molecule has 1 unspecified atom stereocenters. The van der Waals surface area contributed by atoms with Gasteiger partial charge in [0.2, 0.25) is 0 Å². The number of hydrogen-bond acceptors (Lipinski definition) is 3. The molecule has 0 amide bonds. The molecular formula is C18H31N3. The van der Waals surface area contributed by atoms with Crippen molar-refractivity contribution in [2.45, 2.75) is 59.5 Å². The predicted octanol–water partition coefficient (Wildman–Crippen LogP) is 3.84. The minimum atomic E-state index is 0.520. The molecule has 0 saturated carbocycles. The number of nitrogens with one attached hydrogen (secondary N) is 1. The zero-order chi connectivity index (χ0) is 15.2. The fourth-order valence-electron chi connectivity index (χ4n) is 3.08. The number of pyridine rings is 1. The van der Waals surface area contributed by atoms with Gasteiger partial charge in [0.1, 0.15) is 5.82 Å². The van der Waals surface area contributed by atoms with Crippen LogP contribution in [0.5, 0.6) is 0 Å². The summed E-state index contributed by atoms with van der Waals surface area (Å²) >= 11 is 0. The lowest BCUT2D eigenvalue weighted by Gasteiger charge is -2.23. The average Bonchev–Trinajstić information content (AvgIpc) is 2.71. The summed E-state index contributed by atoms with van der Waals surface area (Å²) in [5.41, 5.74) is 1.33. The van der Waals surface area contributed by atoms with Crippen molar-refractivity contribution in [1.82, 2.24) is 10.3 Å². The second-order valence-electron chi connectivity index (χ2n) is 6.98. The van der Waals surface area contributed by atoms with Crippen LogP contribution in [0.2, 0.25) is 0 Å². The van der Waals surface area contributed by atoms with Gasteiger partial charge in [-0.25, -0.2) is 4.98 Å². The van der Waals surface area contributed by atoms with E-state index in [0.717, 1.165) is 37.3 Å². The minimum absolute atomic E-state index is 0.520. The van der Waals surface area contributed by atoms with Crippen molar-refractivity contribution in [3.05, 3.63) is 23.9 Å². The maximum atomic E-state index is 4.60. The molecule has 1 saturated heterocycles. The van der Waals surface area contributed by atoms with Gasteiger partial charge in [-0.15, -0.1) is 0 Å². The lowest BCUT2D eigenvalue weighted by Crippen LogP contribution is -2.26. The van der Waals surface area contributed by atoms with Crippen LogP contribution in [-0.2, 0) is 6.54 Å². The topological polar surface area (TPSA) is 28.2 Å². The molecule has 1 fully saturated rings. The van der Waals surface area contributed by atoms with Crippen LogP contribution in [0, 0.1) is 11.8 Å². The van der Waals surface area contributed by atoms with E-state index in [0.29, 0.717) is 6.04 Å². The Bertz CT molecular complexity index is 428. The van der Waals surface area contributed by atoms with Gasteiger partial charge in [0, 0.05) is 31.9 Å². The fourth-order valence-corrected chi connectivity index (χ4v) is 3.08. The molecule has 3 heteroatoms. The summed E-state index contributed by atoms with van der Waals surface area (Å²) in [7, 11) is 0. The van der Waals surface area contributed by atoms with Gasteiger partial charge in [0.15, 0.2) is 0 Å². The molecule has 1 aliphatic heterocycles. The molecule has 0 radical (unpaired) electrons. The Morgan fingerprint density at radius 3 is 2.76 bits per heavy atom. The smallest absolute Gasteiger partial charge is 0.128 e. The quantitative estimate of drug-likeness (QED) is 0.892. The first-order chi connectivity index (χ1) is 10.1. The van der Waals surface area contributed by atoms with E-state index in [4.69, 9.17) is 0 Å². The molecule has 21 heavy (non-hydrogen) atoms. The summed E-state index contributed by atoms with van der Waals surface area (Å²) in [5.74, 6) is 2.84. The molecule has 0 aromatic carbocycles. The molecule has 2 rings (SSSR count). The predicted molar refractivity (Wildman–Crippen MR) is 90.6 cm³/mol. The highest BCUT2D eigenvalue weighted by atomic mass is 15.2. The molecule has 1 aliphatic rings. The summed E-state index contributed by atoms with van der Waals surface area (Å²) in [6, 6.07) is 4.89. The minimum Gasteiger partial charge on any atom is -0.357 e. The average molecular weight is 289 g/mol. The number of hydrogen-bond donors (Lipinski definition) is 1. The summed E-state index contributed by atoms with van der Waals surface area (Å²) in [6.07, 6.45) is 5.91. The number of rotatable bonds is 5. The van der Waals surface area contributed by atoms with Crippen molar-refractivity contribution in [1.29, 1.82) is 0 Å². The fraction of sp³-hybridized carbons (Fsp3) is 0.722. The summed E-state index contributed by atoms with van der Waals surface area (Å²) in [4.78, 5) is 7.07. The van der Waals surface area contributed by atoms with E-state index >= 15 is 0 Å². The Labute approximate surface area is 130 Å². The van der Waals surface area contributed by atoms with Gasteiger partial charge in [0.25, 0.3) is 0 Å². The van der Waals surface area contributed by atoms with Crippen molar-refractivity contribution in [3.8, 4) is 0 Å². The Morgan fingerprint density at radius 1 is 1.24 bits per heavy atom. The van der Waals surface area contributed by atoms with Crippen molar-refractivity contribution >= 4 is 5.82 Å². The SMILES string of the molecule is CC(C)NCc1ccnc(N2CCCC(C(C)C)CC2)c1. The van der Waals surface area contributed by atoms with Crippen LogP contribution < -0.4 is 10.2 Å². The van der Waals surface area contributed by atoms with Gasteiger partial charge in [-0.2, -0.15) is 0 Å². The number of anilines is 1. The third kappa shape index (κ3) is 4.99. The Kier molecular flexibility index (Phi) is 6.04. The van der Waals surface area contributed by atoms with Crippen LogP contribution in [-0.4, -0.2) is 24.1 Å². The van der Waals surface area contributed by atoms with Crippen LogP contribution in [0.4, 0.5) is 5.82 Å². The highest BCUT2D eigenvalue weighted by molar-refractivity contribution is 5.41. The van der Waals surface area contributed by atoms with Gasteiger partial charge in [-0.1, -0.05) is 27.7 Å². The first-order valence-electron chi connectivity index (χ1n) is 8.49. The Hall–Kier alpha value is -1.09. The highest BCUT2D eigenvalue weighted by Gasteiger charge is 2.20. The first-order valence-corrected chi connectivity index (χ1v) is 8.49. The van der Waals surface area contributed by atoms with Gasteiger partial charge < -0.3 is 10.2 Å². The van der Waals surface area contributed by atoms with Crippen LogP contribution in [0.1, 0.15) is 52.5 Å². The molecule has 0 aliphatic carbocycles. The highest BCUT2D eigenvalue weighted by Crippen LogP contribution is 2.26. The van der Waals surface area contributed by atoms with Crippen LogP contribution in [0.3, 0.4) is 0 Å². The molecule has 1 N–H and O–H groups in total. The van der Waals surface area contributed by atoms with E-state index in [-0.39, 0.29) is 0 Å². The molecule has 1 aromatic rings. The second-order valence-corrected chi connectivity index (χ2v) is 6.98. The van der Waals surface area contributed by atoms with E-state index in [1.807, 2.05) is 6.20 Å². The summed E-state index contributed by atoms with van der Waals surface area (Å²) < 4.78 is 0.